The van der Waals surface area contributed by atoms with Crippen molar-refractivity contribution in [3.63, 3.8) is 0 Å². The lowest BCUT2D eigenvalue weighted by Gasteiger charge is -2.22. The Labute approximate surface area is 171 Å². The van der Waals surface area contributed by atoms with Crippen LogP contribution in [0.5, 0.6) is 5.75 Å². The first-order chi connectivity index (χ1) is 14.2. The van der Waals surface area contributed by atoms with Crippen molar-refractivity contribution < 1.29 is 9.53 Å². The van der Waals surface area contributed by atoms with Gasteiger partial charge >= 0.3 is 6.03 Å². The van der Waals surface area contributed by atoms with E-state index in [0.717, 1.165) is 22.6 Å². The summed E-state index contributed by atoms with van der Waals surface area (Å²) in [6.45, 7) is 5.65. The minimum Gasteiger partial charge on any atom is -0.487 e. The molecule has 1 heterocycles. The maximum absolute atomic E-state index is 12.6. The van der Waals surface area contributed by atoms with Gasteiger partial charge in [-0.2, -0.15) is 0 Å². The number of hydrogen-bond donors (Lipinski definition) is 1. The lowest BCUT2D eigenvalue weighted by Crippen LogP contribution is -2.39. The number of carbonyl (C=O) groups excluding carboxylic acids is 1. The third-order valence-corrected chi connectivity index (χ3v) is 4.33. The monoisotopic (exact) mass is 387 g/mol. The molecule has 0 aliphatic rings. The zero-order chi connectivity index (χ0) is 20.3. The lowest BCUT2D eigenvalue weighted by atomic mass is 10.2. The number of nitrogens with one attached hydrogen (secondary N) is 1. The predicted octanol–water partition coefficient (Wildman–Crippen LogP) is 4.56. The van der Waals surface area contributed by atoms with E-state index in [1.807, 2.05) is 72.8 Å². The SMILES string of the molecule is C=CCN(Cc1ccccc1)C(=O)NCc1ccc(OCc2ccccn2)cc1. The van der Waals surface area contributed by atoms with Crippen LogP contribution in [0.2, 0.25) is 0 Å². The average molecular weight is 387 g/mol. The van der Waals surface area contributed by atoms with Crippen molar-refractivity contribution in [1.82, 2.24) is 15.2 Å². The second kappa shape index (κ2) is 10.7. The Kier molecular flexibility index (Phi) is 7.41. The minimum atomic E-state index is -0.121. The van der Waals surface area contributed by atoms with Crippen LogP contribution in [-0.2, 0) is 19.7 Å². The molecule has 5 nitrogen and oxygen atoms in total. The lowest BCUT2D eigenvalue weighted by molar-refractivity contribution is 0.200. The molecule has 2 aromatic carbocycles. The van der Waals surface area contributed by atoms with Crippen molar-refractivity contribution in [2.45, 2.75) is 19.7 Å². The number of amides is 2. The van der Waals surface area contributed by atoms with Crippen molar-refractivity contribution in [3.05, 3.63) is 108 Å². The van der Waals surface area contributed by atoms with Gasteiger partial charge in [0.05, 0.1) is 5.69 Å². The van der Waals surface area contributed by atoms with Crippen LogP contribution in [0.1, 0.15) is 16.8 Å². The molecule has 1 aromatic heterocycles. The Morgan fingerprint density at radius 3 is 2.45 bits per heavy atom. The Bertz CT molecular complexity index is 896. The fraction of sp³-hybridized carbons (Fsp3) is 0.167. The average Bonchev–Trinajstić information content (AvgIpc) is 2.78. The first-order valence-electron chi connectivity index (χ1n) is 9.54. The maximum atomic E-state index is 12.6. The largest absolute Gasteiger partial charge is 0.487 e. The number of pyridine rings is 1. The van der Waals surface area contributed by atoms with E-state index >= 15 is 0 Å². The molecule has 148 valence electrons. The number of benzene rings is 2. The van der Waals surface area contributed by atoms with Gasteiger partial charge in [-0.1, -0.05) is 54.6 Å². The van der Waals surface area contributed by atoms with Crippen molar-refractivity contribution in [3.8, 4) is 5.75 Å². The van der Waals surface area contributed by atoms with Crippen LogP contribution in [0, 0.1) is 0 Å². The van der Waals surface area contributed by atoms with Crippen LogP contribution in [0.15, 0.2) is 91.6 Å². The van der Waals surface area contributed by atoms with Gasteiger partial charge in [-0.05, 0) is 35.4 Å². The van der Waals surface area contributed by atoms with Gasteiger partial charge in [-0.15, -0.1) is 6.58 Å². The van der Waals surface area contributed by atoms with Crippen molar-refractivity contribution in [1.29, 1.82) is 0 Å². The van der Waals surface area contributed by atoms with Gasteiger partial charge in [0, 0.05) is 25.8 Å². The summed E-state index contributed by atoms with van der Waals surface area (Å²) in [5, 5.41) is 2.97. The Morgan fingerprint density at radius 2 is 1.76 bits per heavy atom. The van der Waals surface area contributed by atoms with Gasteiger partial charge in [-0.25, -0.2) is 4.79 Å². The summed E-state index contributed by atoms with van der Waals surface area (Å²) in [5.41, 5.74) is 2.96. The van der Waals surface area contributed by atoms with Gasteiger partial charge < -0.3 is 15.0 Å². The highest BCUT2D eigenvalue weighted by Gasteiger charge is 2.12. The molecule has 29 heavy (non-hydrogen) atoms. The summed E-state index contributed by atoms with van der Waals surface area (Å²) in [4.78, 5) is 18.5. The molecule has 0 atom stereocenters. The third kappa shape index (κ3) is 6.50. The standard InChI is InChI=1S/C24H25N3O2/c1-2-16-27(18-21-8-4-3-5-9-21)24(28)26-17-20-11-13-23(14-12-20)29-19-22-10-6-7-15-25-22/h2-15H,1,16-19H2,(H,26,28). The first-order valence-corrected chi connectivity index (χ1v) is 9.54. The number of urea groups is 1. The molecule has 0 aliphatic carbocycles. The molecule has 5 heteroatoms. The van der Waals surface area contributed by atoms with E-state index in [-0.39, 0.29) is 6.03 Å². The normalized spacial score (nSPS) is 10.2. The highest BCUT2D eigenvalue weighted by Crippen LogP contribution is 2.14. The van der Waals surface area contributed by atoms with Crippen LogP contribution < -0.4 is 10.1 Å². The molecule has 0 radical (unpaired) electrons. The van der Waals surface area contributed by atoms with Crippen LogP contribution in [0.25, 0.3) is 0 Å². The van der Waals surface area contributed by atoms with Gasteiger partial charge in [-0.3, -0.25) is 4.98 Å². The molecular formula is C24H25N3O2. The molecule has 0 fully saturated rings. The Morgan fingerprint density at radius 1 is 1.00 bits per heavy atom. The Hall–Kier alpha value is -3.60. The van der Waals surface area contributed by atoms with E-state index < -0.39 is 0 Å². The smallest absolute Gasteiger partial charge is 0.318 e. The van der Waals surface area contributed by atoms with Crippen LogP contribution in [0.3, 0.4) is 0 Å². The fourth-order valence-electron chi connectivity index (χ4n) is 2.81. The number of aromatic nitrogens is 1. The zero-order valence-corrected chi connectivity index (χ0v) is 16.3. The number of hydrogen-bond acceptors (Lipinski definition) is 3. The van der Waals surface area contributed by atoms with E-state index in [4.69, 9.17) is 4.74 Å². The summed E-state index contributed by atoms with van der Waals surface area (Å²) < 4.78 is 5.74. The van der Waals surface area contributed by atoms with Crippen molar-refractivity contribution >= 4 is 6.03 Å². The van der Waals surface area contributed by atoms with Crippen LogP contribution in [-0.4, -0.2) is 22.5 Å². The molecule has 1 N–H and O–H groups in total. The van der Waals surface area contributed by atoms with Gasteiger partial charge in [0.2, 0.25) is 0 Å². The van der Waals surface area contributed by atoms with Gasteiger partial charge in [0.25, 0.3) is 0 Å². The molecule has 3 aromatic rings. The minimum absolute atomic E-state index is 0.121. The fourth-order valence-corrected chi connectivity index (χ4v) is 2.81. The second-order valence-electron chi connectivity index (χ2n) is 6.57. The van der Waals surface area contributed by atoms with Crippen LogP contribution >= 0.6 is 0 Å². The molecule has 0 saturated carbocycles. The number of carbonyl (C=O) groups is 1. The highest BCUT2D eigenvalue weighted by molar-refractivity contribution is 5.74. The van der Waals surface area contributed by atoms with E-state index in [1.165, 1.54) is 0 Å². The maximum Gasteiger partial charge on any atom is 0.318 e. The number of nitrogens with zero attached hydrogens (tertiary/aromatic N) is 2. The van der Waals surface area contributed by atoms with Crippen molar-refractivity contribution in [2.75, 3.05) is 6.54 Å². The first kappa shape index (κ1) is 20.1. The summed E-state index contributed by atoms with van der Waals surface area (Å²) in [5.74, 6) is 0.767. The number of ether oxygens (including phenoxy) is 1. The molecule has 3 rings (SSSR count). The van der Waals surface area contributed by atoms with E-state index in [0.29, 0.717) is 26.2 Å². The molecule has 0 aliphatic heterocycles. The van der Waals surface area contributed by atoms with Crippen LogP contribution in [0.4, 0.5) is 4.79 Å². The van der Waals surface area contributed by atoms with E-state index in [1.54, 1.807) is 17.2 Å². The predicted molar refractivity (Wildman–Crippen MR) is 114 cm³/mol. The van der Waals surface area contributed by atoms with Gasteiger partial charge in [0.1, 0.15) is 12.4 Å². The number of rotatable bonds is 9. The molecule has 0 bridgehead atoms. The molecule has 2 amide bonds. The molecule has 0 unspecified atom stereocenters. The topological polar surface area (TPSA) is 54.5 Å². The summed E-state index contributed by atoms with van der Waals surface area (Å²) in [6.07, 6.45) is 3.48. The van der Waals surface area contributed by atoms with Gasteiger partial charge in [0.15, 0.2) is 0 Å². The quantitative estimate of drug-likeness (QED) is 0.548. The van der Waals surface area contributed by atoms with E-state index in [2.05, 4.69) is 16.9 Å². The third-order valence-electron chi connectivity index (χ3n) is 4.33. The zero-order valence-electron chi connectivity index (χ0n) is 16.3. The Balaban J connectivity index is 1.50. The summed E-state index contributed by atoms with van der Waals surface area (Å²) in [7, 11) is 0. The van der Waals surface area contributed by atoms with E-state index in [9.17, 15) is 4.79 Å². The summed E-state index contributed by atoms with van der Waals surface area (Å²) in [6, 6.07) is 23.2. The second-order valence-corrected chi connectivity index (χ2v) is 6.57. The van der Waals surface area contributed by atoms with Crippen molar-refractivity contribution in [2.24, 2.45) is 0 Å². The molecule has 0 spiro atoms. The summed E-state index contributed by atoms with van der Waals surface area (Å²) >= 11 is 0. The highest BCUT2D eigenvalue weighted by atomic mass is 16.5. The molecule has 0 saturated heterocycles. The molecular weight excluding hydrogens is 362 g/mol.